The van der Waals surface area contributed by atoms with E-state index < -0.39 is 0 Å². The Kier molecular flexibility index (Phi) is 4.66. The fraction of sp³-hybridized carbons (Fsp3) is 1.00. The molecule has 0 spiro atoms. The molecule has 0 bridgehead atoms. The zero-order chi connectivity index (χ0) is 11.4. The van der Waals surface area contributed by atoms with Crippen LogP contribution in [0.2, 0.25) is 0 Å². The molecule has 2 fully saturated rings. The first-order chi connectivity index (χ1) is 7.79. The summed E-state index contributed by atoms with van der Waals surface area (Å²) in [4.78, 5) is 2.77. The first-order valence-corrected chi connectivity index (χ1v) is 7.24. The third-order valence-corrected chi connectivity index (χ3v) is 4.36. The van der Waals surface area contributed by atoms with Gasteiger partial charge in [-0.2, -0.15) is 0 Å². The van der Waals surface area contributed by atoms with Crippen LogP contribution in [0.1, 0.15) is 46.0 Å². The van der Waals surface area contributed by atoms with Crippen LogP contribution in [0.3, 0.4) is 0 Å². The van der Waals surface area contributed by atoms with E-state index in [1.807, 2.05) is 0 Å². The molecule has 0 radical (unpaired) electrons. The fourth-order valence-corrected chi connectivity index (χ4v) is 3.35. The Hall–Kier alpha value is -0.0800. The smallest absolute Gasteiger partial charge is 0.00980 e. The van der Waals surface area contributed by atoms with E-state index in [1.165, 1.54) is 58.3 Å². The van der Waals surface area contributed by atoms with E-state index >= 15 is 0 Å². The Labute approximate surface area is 101 Å². The summed E-state index contributed by atoms with van der Waals surface area (Å²) in [5, 5.41) is 3.57. The lowest BCUT2D eigenvalue weighted by atomic mass is 10.1. The maximum atomic E-state index is 3.57. The zero-order valence-corrected chi connectivity index (χ0v) is 11.0. The Morgan fingerprint density at radius 2 is 2.12 bits per heavy atom. The molecule has 1 N–H and O–H groups in total. The highest BCUT2D eigenvalue weighted by Gasteiger charge is 2.31. The van der Waals surface area contributed by atoms with Crippen LogP contribution in [0.25, 0.3) is 0 Å². The molecule has 1 aliphatic carbocycles. The molecule has 16 heavy (non-hydrogen) atoms. The number of hydrogen-bond acceptors (Lipinski definition) is 2. The molecule has 1 saturated carbocycles. The second-order valence-corrected chi connectivity index (χ2v) is 5.93. The van der Waals surface area contributed by atoms with Crippen LogP contribution in [0, 0.1) is 11.8 Å². The van der Waals surface area contributed by atoms with Gasteiger partial charge in [-0.1, -0.05) is 13.8 Å². The summed E-state index contributed by atoms with van der Waals surface area (Å²) in [6.07, 6.45) is 7.05. The van der Waals surface area contributed by atoms with Crippen molar-refractivity contribution in [1.29, 1.82) is 0 Å². The van der Waals surface area contributed by atoms with Gasteiger partial charge in [0.25, 0.3) is 0 Å². The van der Waals surface area contributed by atoms with Gasteiger partial charge < -0.3 is 10.2 Å². The van der Waals surface area contributed by atoms with Gasteiger partial charge in [0.2, 0.25) is 0 Å². The molecular formula is C14H28N2. The number of nitrogens with zero attached hydrogens (tertiary/aromatic N) is 1. The molecule has 94 valence electrons. The van der Waals surface area contributed by atoms with Crippen LogP contribution in [0.4, 0.5) is 0 Å². The molecule has 1 aliphatic heterocycles. The van der Waals surface area contributed by atoms with Crippen LogP contribution in [0.5, 0.6) is 0 Å². The molecule has 2 aliphatic rings. The molecule has 3 atom stereocenters. The summed E-state index contributed by atoms with van der Waals surface area (Å²) in [7, 11) is 0. The van der Waals surface area contributed by atoms with Gasteiger partial charge in [0, 0.05) is 12.6 Å². The number of hydrogen-bond donors (Lipinski definition) is 1. The number of rotatable bonds is 5. The highest BCUT2D eigenvalue weighted by atomic mass is 15.2. The number of likely N-dealkylation sites (tertiary alicyclic amines) is 1. The van der Waals surface area contributed by atoms with Crippen molar-refractivity contribution in [2.45, 2.75) is 52.0 Å². The van der Waals surface area contributed by atoms with Crippen molar-refractivity contribution in [3.05, 3.63) is 0 Å². The minimum atomic E-state index is 0.919. The predicted octanol–water partition coefficient (Wildman–Crippen LogP) is 2.50. The topological polar surface area (TPSA) is 15.3 Å². The van der Waals surface area contributed by atoms with E-state index in [2.05, 4.69) is 24.1 Å². The van der Waals surface area contributed by atoms with Crippen molar-refractivity contribution in [1.82, 2.24) is 10.2 Å². The van der Waals surface area contributed by atoms with Crippen molar-refractivity contribution in [2.24, 2.45) is 11.8 Å². The van der Waals surface area contributed by atoms with E-state index in [0.717, 1.165) is 17.9 Å². The fourth-order valence-electron chi connectivity index (χ4n) is 3.35. The Balaban J connectivity index is 1.67. The van der Waals surface area contributed by atoms with Gasteiger partial charge in [0.15, 0.2) is 0 Å². The molecule has 3 unspecified atom stereocenters. The van der Waals surface area contributed by atoms with Crippen LogP contribution in [-0.4, -0.2) is 37.1 Å². The quantitative estimate of drug-likeness (QED) is 0.722. The molecule has 0 aromatic heterocycles. The zero-order valence-electron chi connectivity index (χ0n) is 11.0. The van der Waals surface area contributed by atoms with Gasteiger partial charge in [-0.3, -0.25) is 0 Å². The predicted molar refractivity (Wildman–Crippen MR) is 69.6 cm³/mol. The minimum absolute atomic E-state index is 0.919. The lowest BCUT2D eigenvalue weighted by molar-refractivity contribution is 0.232. The Morgan fingerprint density at radius 1 is 1.25 bits per heavy atom. The maximum absolute atomic E-state index is 3.57. The molecule has 2 rings (SSSR count). The van der Waals surface area contributed by atoms with Crippen LogP contribution in [-0.2, 0) is 0 Å². The largest absolute Gasteiger partial charge is 0.316 e. The summed E-state index contributed by atoms with van der Waals surface area (Å²) in [6.45, 7) is 9.80. The molecule has 2 heteroatoms. The van der Waals surface area contributed by atoms with Crippen molar-refractivity contribution in [3.63, 3.8) is 0 Å². The van der Waals surface area contributed by atoms with Crippen molar-refractivity contribution < 1.29 is 0 Å². The van der Waals surface area contributed by atoms with Crippen LogP contribution < -0.4 is 5.32 Å². The summed E-state index contributed by atoms with van der Waals surface area (Å²) >= 11 is 0. The lowest BCUT2D eigenvalue weighted by Crippen LogP contribution is -2.33. The monoisotopic (exact) mass is 224 g/mol. The molecule has 0 aromatic carbocycles. The van der Waals surface area contributed by atoms with Gasteiger partial charge in [-0.25, -0.2) is 0 Å². The van der Waals surface area contributed by atoms with Gasteiger partial charge in [0.05, 0.1) is 0 Å². The van der Waals surface area contributed by atoms with E-state index in [4.69, 9.17) is 0 Å². The molecule has 0 amide bonds. The van der Waals surface area contributed by atoms with E-state index in [9.17, 15) is 0 Å². The average Bonchev–Trinajstić information content (AvgIpc) is 2.87. The second-order valence-electron chi connectivity index (χ2n) is 5.93. The van der Waals surface area contributed by atoms with Gasteiger partial charge in [0.1, 0.15) is 0 Å². The maximum Gasteiger partial charge on any atom is 0.00980 e. The summed E-state index contributed by atoms with van der Waals surface area (Å²) < 4.78 is 0. The minimum Gasteiger partial charge on any atom is -0.316 e. The molecule has 2 nitrogen and oxygen atoms in total. The first-order valence-electron chi connectivity index (χ1n) is 7.24. The van der Waals surface area contributed by atoms with Crippen molar-refractivity contribution in [2.75, 3.05) is 26.2 Å². The Bertz CT molecular complexity index is 205. The normalized spacial score (nSPS) is 36.0. The molecule has 0 aromatic rings. The lowest BCUT2D eigenvalue weighted by Gasteiger charge is -2.24. The SMILES string of the molecule is CCCNCC1CCN(C2CCC(C)C2)C1. The van der Waals surface area contributed by atoms with Crippen LogP contribution in [0.15, 0.2) is 0 Å². The highest BCUT2D eigenvalue weighted by Crippen LogP contribution is 2.31. The van der Waals surface area contributed by atoms with E-state index in [1.54, 1.807) is 0 Å². The summed E-state index contributed by atoms with van der Waals surface area (Å²) in [5.41, 5.74) is 0. The van der Waals surface area contributed by atoms with Crippen molar-refractivity contribution in [3.8, 4) is 0 Å². The molecule has 1 saturated heterocycles. The standard InChI is InChI=1S/C14H28N2/c1-3-7-15-10-13-6-8-16(11-13)14-5-4-12(2)9-14/h12-15H,3-11H2,1-2H3. The highest BCUT2D eigenvalue weighted by molar-refractivity contribution is 4.86. The number of nitrogens with one attached hydrogen (secondary N) is 1. The second kappa shape index (κ2) is 6.02. The average molecular weight is 224 g/mol. The summed E-state index contributed by atoms with van der Waals surface area (Å²) in [6, 6.07) is 0.922. The third-order valence-electron chi connectivity index (χ3n) is 4.36. The van der Waals surface area contributed by atoms with E-state index in [-0.39, 0.29) is 0 Å². The van der Waals surface area contributed by atoms with Crippen LogP contribution >= 0.6 is 0 Å². The molecular weight excluding hydrogens is 196 g/mol. The van der Waals surface area contributed by atoms with Gasteiger partial charge in [-0.15, -0.1) is 0 Å². The third kappa shape index (κ3) is 3.21. The Morgan fingerprint density at radius 3 is 2.81 bits per heavy atom. The van der Waals surface area contributed by atoms with Gasteiger partial charge in [-0.05, 0) is 63.6 Å². The van der Waals surface area contributed by atoms with Crippen molar-refractivity contribution >= 4 is 0 Å². The van der Waals surface area contributed by atoms with Gasteiger partial charge >= 0.3 is 0 Å². The van der Waals surface area contributed by atoms with E-state index in [0.29, 0.717) is 0 Å². The first kappa shape index (κ1) is 12.4. The summed E-state index contributed by atoms with van der Waals surface area (Å²) in [5.74, 6) is 1.89. The molecule has 1 heterocycles.